The fourth-order valence-electron chi connectivity index (χ4n) is 3.83. The lowest BCUT2D eigenvalue weighted by Gasteiger charge is -2.42. The van der Waals surface area contributed by atoms with Gasteiger partial charge >= 0.3 is 5.97 Å². The molecule has 3 heteroatoms. The molecule has 0 aromatic heterocycles. The number of carbonyl (C=O) groups is 1. The Morgan fingerprint density at radius 1 is 0.941 bits per heavy atom. The number of carbonyl (C=O) groups excluding carboxylic acids is 1. The molecule has 98 valence electrons. The molecule has 0 heterocycles. The summed E-state index contributed by atoms with van der Waals surface area (Å²) in [6.07, 6.45) is 9.64. The van der Waals surface area contributed by atoms with E-state index in [1.165, 1.54) is 20.0 Å². The van der Waals surface area contributed by atoms with E-state index in [1.807, 2.05) is 0 Å². The summed E-state index contributed by atoms with van der Waals surface area (Å²) in [7, 11) is 1.45. The van der Waals surface area contributed by atoms with Crippen LogP contribution in [0.3, 0.4) is 0 Å². The predicted molar refractivity (Wildman–Crippen MR) is 65.6 cm³/mol. The summed E-state index contributed by atoms with van der Waals surface area (Å²) in [5, 5.41) is 10.9. The van der Waals surface area contributed by atoms with Crippen molar-refractivity contribution in [1.82, 2.24) is 0 Å². The molecule has 3 nitrogen and oxygen atoms in total. The molecule has 0 spiro atoms. The highest BCUT2D eigenvalue weighted by atomic mass is 16.5. The molecule has 1 N–H and O–H groups in total. The number of aliphatic hydroxyl groups is 1. The highest BCUT2D eigenvalue weighted by Crippen LogP contribution is 2.51. The second-order valence-electron chi connectivity index (χ2n) is 5.73. The molecule has 2 saturated carbocycles. The number of hydrogen-bond acceptors (Lipinski definition) is 3. The Bertz CT molecular complexity index is 271. The van der Waals surface area contributed by atoms with Gasteiger partial charge in [0, 0.05) is 0 Å². The van der Waals surface area contributed by atoms with Gasteiger partial charge in [-0.3, -0.25) is 4.79 Å². The van der Waals surface area contributed by atoms with Crippen molar-refractivity contribution in [2.75, 3.05) is 7.11 Å². The van der Waals surface area contributed by atoms with Crippen molar-refractivity contribution in [3.8, 4) is 0 Å². The van der Waals surface area contributed by atoms with Crippen molar-refractivity contribution < 1.29 is 14.6 Å². The van der Waals surface area contributed by atoms with Crippen LogP contribution in [0.5, 0.6) is 0 Å². The van der Waals surface area contributed by atoms with E-state index in [-0.39, 0.29) is 5.97 Å². The van der Waals surface area contributed by atoms with Gasteiger partial charge in [0.15, 0.2) is 0 Å². The fourth-order valence-corrected chi connectivity index (χ4v) is 3.83. The molecule has 0 radical (unpaired) electrons. The van der Waals surface area contributed by atoms with Gasteiger partial charge in [-0.2, -0.15) is 0 Å². The smallest absolute Gasteiger partial charge is 0.314 e. The van der Waals surface area contributed by atoms with E-state index in [9.17, 15) is 9.90 Å². The standard InChI is InChI=1S/C14H24O3/c1-17-12(15)13(8-4-2-3-5-9-13)14(16)10-6-7-11-14/h16H,2-11H2,1H3. The van der Waals surface area contributed by atoms with E-state index < -0.39 is 11.0 Å². The summed E-state index contributed by atoms with van der Waals surface area (Å²) in [4.78, 5) is 12.3. The minimum atomic E-state index is -0.801. The van der Waals surface area contributed by atoms with E-state index in [0.717, 1.165) is 51.4 Å². The molecule has 2 fully saturated rings. The lowest BCUT2D eigenvalue weighted by molar-refractivity contribution is -0.175. The zero-order valence-electron chi connectivity index (χ0n) is 10.8. The molecule has 2 aliphatic rings. The Morgan fingerprint density at radius 2 is 1.41 bits per heavy atom. The molecular weight excluding hydrogens is 216 g/mol. The van der Waals surface area contributed by atoms with Gasteiger partial charge in [0.25, 0.3) is 0 Å². The van der Waals surface area contributed by atoms with Gasteiger partial charge < -0.3 is 9.84 Å². The zero-order chi connectivity index (χ0) is 12.4. The van der Waals surface area contributed by atoms with Crippen LogP contribution in [0.2, 0.25) is 0 Å². The van der Waals surface area contributed by atoms with Gasteiger partial charge in [-0.15, -0.1) is 0 Å². The Balaban J connectivity index is 2.30. The minimum absolute atomic E-state index is 0.177. The lowest BCUT2D eigenvalue weighted by atomic mass is 9.66. The van der Waals surface area contributed by atoms with E-state index in [0.29, 0.717) is 0 Å². The van der Waals surface area contributed by atoms with Gasteiger partial charge in [-0.25, -0.2) is 0 Å². The van der Waals surface area contributed by atoms with Crippen LogP contribution in [-0.4, -0.2) is 23.8 Å². The van der Waals surface area contributed by atoms with Crippen molar-refractivity contribution in [2.24, 2.45) is 5.41 Å². The Hall–Kier alpha value is -0.570. The van der Waals surface area contributed by atoms with Gasteiger partial charge in [0.2, 0.25) is 0 Å². The maximum absolute atomic E-state index is 12.3. The van der Waals surface area contributed by atoms with E-state index in [4.69, 9.17) is 4.74 Å². The Labute approximate surface area is 104 Å². The maximum atomic E-state index is 12.3. The summed E-state index contributed by atoms with van der Waals surface area (Å²) in [6, 6.07) is 0. The van der Waals surface area contributed by atoms with Gasteiger partial charge in [-0.05, 0) is 25.7 Å². The number of ether oxygens (including phenoxy) is 1. The Kier molecular flexibility index (Phi) is 3.76. The second kappa shape index (κ2) is 4.97. The number of esters is 1. The topological polar surface area (TPSA) is 46.5 Å². The molecule has 2 rings (SSSR count). The summed E-state index contributed by atoms with van der Waals surface area (Å²) in [5.41, 5.74) is -1.42. The first-order chi connectivity index (χ1) is 8.15. The minimum Gasteiger partial charge on any atom is -0.469 e. The van der Waals surface area contributed by atoms with Crippen LogP contribution >= 0.6 is 0 Å². The van der Waals surface area contributed by atoms with Crippen LogP contribution in [0.1, 0.15) is 64.2 Å². The molecule has 0 unspecified atom stereocenters. The van der Waals surface area contributed by atoms with Crippen molar-refractivity contribution in [3.05, 3.63) is 0 Å². The third-order valence-corrected chi connectivity index (χ3v) is 4.85. The molecule has 0 aliphatic heterocycles. The monoisotopic (exact) mass is 240 g/mol. The molecule has 0 amide bonds. The van der Waals surface area contributed by atoms with Crippen molar-refractivity contribution in [1.29, 1.82) is 0 Å². The van der Waals surface area contributed by atoms with Crippen LogP contribution < -0.4 is 0 Å². The van der Waals surface area contributed by atoms with Crippen LogP contribution in [0.4, 0.5) is 0 Å². The predicted octanol–water partition coefficient (Wildman–Crippen LogP) is 2.81. The van der Waals surface area contributed by atoms with Crippen LogP contribution in [-0.2, 0) is 9.53 Å². The Morgan fingerprint density at radius 3 is 1.88 bits per heavy atom. The molecule has 0 saturated heterocycles. The van der Waals surface area contributed by atoms with E-state index >= 15 is 0 Å². The third-order valence-electron chi connectivity index (χ3n) is 4.85. The second-order valence-corrected chi connectivity index (χ2v) is 5.73. The van der Waals surface area contributed by atoms with Crippen LogP contribution in [0.25, 0.3) is 0 Å². The molecule has 2 aliphatic carbocycles. The number of hydrogen-bond donors (Lipinski definition) is 1. The lowest BCUT2D eigenvalue weighted by Crippen LogP contribution is -2.52. The van der Waals surface area contributed by atoms with E-state index in [2.05, 4.69) is 0 Å². The number of rotatable bonds is 2. The third kappa shape index (κ3) is 2.10. The fraction of sp³-hybridized carbons (Fsp3) is 0.929. The summed E-state index contributed by atoms with van der Waals surface area (Å²) < 4.78 is 5.03. The first-order valence-corrected chi connectivity index (χ1v) is 6.95. The zero-order valence-corrected chi connectivity index (χ0v) is 10.8. The van der Waals surface area contributed by atoms with Crippen LogP contribution in [0.15, 0.2) is 0 Å². The average molecular weight is 240 g/mol. The van der Waals surface area contributed by atoms with Crippen molar-refractivity contribution >= 4 is 5.97 Å². The maximum Gasteiger partial charge on any atom is 0.314 e. The molecule has 0 aromatic carbocycles. The molecule has 0 aromatic rings. The van der Waals surface area contributed by atoms with Gasteiger partial charge in [0.1, 0.15) is 0 Å². The number of methoxy groups -OCH3 is 1. The van der Waals surface area contributed by atoms with Gasteiger partial charge in [-0.1, -0.05) is 38.5 Å². The quantitative estimate of drug-likeness (QED) is 0.596. The normalized spacial score (nSPS) is 27.4. The van der Waals surface area contributed by atoms with Crippen molar-refractivity contribution in [2.45, 2.75) is 69.8 Å². The first kappa shape index (κ1) is 12.9. The highest BCUT2D eigenvalue weighted by Gasteiger charge is 2.56. The molecular formula is C14H24O3. The molecule has 17 heavy (non-hydrogen) atoms. The van der Waals surface area contributed by atoms with Crippen molar-refractivity contribution in [3.63, 3.8) is 0 Å². The molecule has 0 atom stereocenters. The molecule has 0 bridgehead atoms. The summed E-state index contributed by atoms with van der Waals surface area (Å²) >= 11 is 0. The van der Waals surface area contributed by atoms with Crippen LogP contribution in [0, 0.1) is 5.41 Å². The average Bonchev–Trinajstić information content (AvgIpc) is 2.65. The summed E-state index contributed by atoms with van der Waals surface area (Å²) in [6.45, 7) is 0. The first-order valence-electron chi connectivity index (χ1n) is 6.95. The summed E-state index contributed by atoms with van der Waals surface area (Å²) in [5.74, 6) is -0.177. The SMILES string of the molecule is COC(=O)C1(C2(O)CCCC2)CCCCCC1. The van der Waals surface area contributed by atoms with Gasteiger partial charge in [0.05, 0.1) is 18.1 Å². The largest absolute Gasteiger partial charge is 0.469 e. The highest BCUT2D eigenvalue weighted by molar-refractivity contribution is 5.78. The van der Waals surface area contributed by atoms with E-state index in [1.54, 1.807) is 0 Å².